The summed E-state index contributed by atoms with van der Waals surface area (Å²) in [4.78, 5) is 0. The number of nitrogens with two attached hydrogens (primary N) is 1. The molecule has 2 N–H and O–H groups in total. The standard InChI is InChI=1S/C14H19BrClN/c1-9-2-4-10(5-3-9)14(17)11-6-12(15)8-13(16)7-11/h6-10,14H,2-5,17H2,1H3. The van der Waals surface area contributed by atoms with E-state index in [1.54, 1.807) is 0 Å². The van der Waals surface area contributed by atoms with Crippen LogP contribution in [0.1, 0.15) is 44.2 Å². The predicted octanol–water partition coefficient (Wildman–Crippen LogP) is 4.93. The maximum atomic E-state index is 6.37. The first-order valence-electron chi connectivity index (χ1n) is 6.28. The number of rotatable bonds is 2. The van der Waals surface area contributed by atoms with E-state index in [1.165, 1.54) is 25.7 Å². The van der Waals surface area contributed by atoms with E-state index in [4.69, 9.17) is 17.3 Å². The van der Waals surface area contributed by atoms with Gasteiger partial charge in [-0.15, -0.1) is 0 Å². The first-order chi connectivity index (χ1) is 8.06. The lowest BCUT2D eigenvalue weighted by Crippen LogP contribution is -2.25. The second kappa shape index (κ2) is 5.73. The Labute approximate surface area is 117 Å². The van der Waals surface area contributed by atoms with Gasteiger partial charge in [-0.3, -0.25) is 0 Å². The maximum absolute atomic E-state index is 6.37. The fourth-order valence-corrected chi connectivity index (χ4v) is 3.57. The zero-order chi connectivity index (χ0) is 12.4. The summed E-state index contributed by atoms with van der Waals surface area (Å²) < 4.78 is 1.01. The lowest BCUT2D eigenvalue weighted by molar-refractivity contribution is 0.256. The third-order valence-electron chi connectivity index (χ3n) is 3.84. The van der Waals surface area contributed by atoms with Gasteiger partial charge in [0.05, 0.1) is 0 Å². The molecule has 0 aliphatic heterocycles. The largest absolute Gasteiger partial charge is 0.324 e. The number of hydrogen-bond acceptors (Lipinski definition) is 1. The van der Waals surface area contributed by atoms with Crippen LogP contribution in [0, 0.1) is 11.8 Å². The van der Waals surface area contributed by atoms with Gasteiger partial charge in [0.25, 0.3) is 0 Å². The molecular formula is C14H19BrClN. The molecule has 1 saturated carbocycles. The van der Waals surface area contributed by atoms with Crippen LogP contribution in [-0.2, 0) is 0 Å². The maximum Gasteiger partial charge on any atom is 0.0420 e. The average Bonchev–Trinajstić information content (AvgIpc) is 2.28. The Balaban J connectivity index is 2.10. The predicted molar refractivity (Wildman–Crippen MR) is 77.2 cm³/mol. The molecule has 0 aromatic heterocycles. The second-order valence-corrected chi connectivity index (χ2v) is 6.60. The normalized spacial score (nSPS) is 26.8. The summed E-state index contributed by atoms with van der Waals surface area (Å²) in [5.41, 5.74) is 7.53. The van der Waals surface area contributed by atoms with Crippen LogP contribution in [0.4, 0.5) is 0 Å². The average molecular weight is 317 g/mol. The highest BCUT2D eigenvalue weighted by molar-refractivity contribution is 9.10. The van der Waals surface area contributed by atoms with Crippen LogP contribution in [-0.4, -0.2) is 0 Å². The van der Waals surface area contributed by atoms with Gasteiger partial charge in [0, 0.05) is 15.5 Å². The molecular weight excluding hydrogens is 298 g/mol. The molecule has 1 nitrogen and oxygen atoms in total. The Morgan fingerprint density at radius 2 is 1.88 bits per heavy atom. The van der Waals surface area contributed by atoms with E-state index in [1.807, 2.05) is 12.1 Å². The van der Waals surface area contributed by atoms with E-state index >= 15 is 0 Å². The first kappa shape index (κ1) is 13.4. The zero-order valence-corrected chi connectivity index (χ0v) is 12.5. The van der Waals surface area contributed by atoms with Crippen molar-refractivity contribution in [2.45, 2.75) is 38.6 Å². The summed E-state index contributed by atoms with van der Waals surface area (Å²) in [5.74, 6) is 1.47. The van der Waals surface area contributed by atoms with Crippen molar-refractivity contribution in [2.24, 2.45) is 17.6 Å². The van der Waals surface area contributed by atoms with Gasteiger partial charge in [0.1, 0.15) is 0 Å². The molecule has 0 amide bonds. The molecule has 1 aromatic rings. The molecule has 1 fully saturated rings. The van der Waals surface area contributed by atoms with Crippen LogP contribution in [0.25, 0.3) is 0 Å². The molecule has 17 heavy (non-hydrogen) atoms. The molecule has 0 radical (unpaired) electrons. The fourth-order valence-electron chi connectivity index (χ4n) is 2.68. The lowest BCUT2D eigenvalue weighted by Gasteiger charge is -2.31. The van der Waals surface area contributed by atoms with Crippen molar-refractivity contribution < 1.29 is 0 Å². The van der Waals surface area contributed by atoms with Crippen molar-refractivity contribution in [2.75, 3.05) is 0 Å². The van der Waals surface area contributed by atoms with Crippen molar-refractivity contribution in [1.82, 2.24) is 0 Å². The molecule has 0 heterocycles. The second-order valence-electron chi connectivity index (χ2n) is 5.25. The molecule has 1 aliphatic carbocycles. The molecule has 3 heteroatoms. The molecule has 1 atom stereocenters. The summed E-state index contributed by atoms with van der Waals surface area (Å²) in [6.07, 6.45) is 5.10. The zero-order valence-electron chi connectivity index (χ0n) is 10.1. The summed E-state index contributed by atoms with van der Waals surface area (Å²) in [6, 6.07) is 6.11. The van der Waals surface area contributed by atoms with Crippen molar-refractivity contribution in [3.63, 3.8) is 0 Å². The van der Waals surface area contributed by atoms with Crippen molar-refractivity contribution in [1.29, 1.82) is 0 Å². The monoisotopic (exact) mass is 315 g/mol. The van der Waals surface area contributed by atoms with Crippen molar-refractivity contribution >= 4 is 27.5 Å². The molecule has 1 aliphatic rings. The summed E-state index contributed by atoms with van der Waals surface area (Å²) >= 11 is 9.55. The van der Waals surface area contributed by atoms with Crippen molar-refractivity contribution in [3.8, 4) is 0 Å². The van der Waals surface area contributed by atoms with E-state index in [0.29, 0.717) is 5.92 Å². The van der Waals surface area contributed by atoms with Gasteiger partial charge in [-0.05, 0) is 48.4 Å². The Morgan fingerprint density at radius 3 is 2.47 bits per heavy atom. The Hall–Kier alpha value is -0.0500. The number of hydrogen-bond donors (Lipinski definition) is 1. The minimum atomic E-state index is 0.123. The van der Waals surface area contributed by atoms with E-state index in [2.05, 4.69) is 28.9 Å². The summed E-state index contributed by atoms with van der Waals surface area (Å²) in [7, 11) is 0. The van der Waals surface area contributed by atoms with E-state index in [0.717, 1.165) is 21.0 Å². The lowest BCUT2D eigenvalue weighted by atomic mass is 9.78. The SMILES string of the molecule is CC1CCC(C(N)c2cc(Cl)cc(Br)c2)CC1. The topological polar surface area (TPSA) is 26.0 Å². The summed E-state index contributed by atoms with van der Waals surface area (Å²) in [6.45, 7) is 2.33. The molecule has 1 aromatic carbocycles. The third-order valence-corrected chi connectivity index (χ3v) is 4.51. The van der Waals surface area contributed by atoms with Crippen LogP contribution < -0.4 is 5.73 Å². The molecule has 0 bridgehead atoms. The quantitative estimate of drug-likeness (QED) is 0.822. The van der Waals surface area contributed by atoms with Gasteiger partial charge in [-0.2, -0.15) is 0 Å². The first-order valence-corrected chi connectivity index (χ1v) is 7.45. The molecule has 1 unspecified atom stereocenters. The van der Waals surface area contributed by atoms with Crippen LogP contribution in [0.15, 0.2) is 22.7 Å². The van der Waals surface area contributed by atoms with Gasteiger partial charge in [0.2, 0.25) is 0 Å². The van der Waals surface area contributed by atoms with Gasteiger partial charge in [-0.1, -0.05) is 47.3 Å². The van der Waals surface area contributed by atoms with Crippen molar-refractivity contribution in [3.05, 3.63) is 33.3 Å². The highest BCUT2D eigenvalue weighted by atomic mass is 79.9. The fraction of sp³-hybridized carbons (Fsp3) is 0.571. The van der Waals surface area contributed by atoms with E-state index in [-0.39, 0.29) is 6.04 Å². The molecule has 2 rings (SSSR count). The van der Waals surface area contributed by atoms with Gasteiger partial charge < -0.3 is 5.73 Å². The molecule has 0 spiro atoms. The number of halogens is 2. The van der Waals surface area contributed by atoms with Crippen LogP contribution in [0.3, 0.4) is 0 Å². The Bertz CT molecular complexity index is 366. The van der Waals surface area contributed by atoms with Gasteiger partial charge in [0.15, 0.2) is 0 Å². The minimum Gasteiger partial charge on any atom is -0.324 e. The smallest absolute Gasteiger partial charge is 0.0420 e. The Kier molecular flexibility index (Phi) is 4.51. The number of benzene rings is 1. The summed E-state index contributed by atoms with van der Waals surface area (Å²) in [5, 5.41) is 0.758. The third kappa shape index (κ3) is 3.46. The molecule has 0 saturated heterocycles. The van der Waals surface area contributed by atoms with Gasteiger partial charge in [-0.25, -0.2) is 0 Å². The van der Waals surface area contributed by atoms with Crippen LogP contribution >= 0.6 is 27.5 Å². The van der Waals surface area contributed by atoms with E-state index < -0.39 is 0 Å². The van der Waals surface area contributed by atoms with Crippen LogP contribution in [0.2, 0.25) is 5.02 Å². The Morgan fingerprint density at radius 1 is 1.24 bits per heavy atom. The van der Waals surface area contributed by atoms with E-state index in [9.17, 15) is 0 Å². The highest BCUT2D eigenvalue weighted by Crippen LogP contribution is 2.36. The minimum absolute atomic E-state index is 0.123. The molecule has 94 valence electrons. The highest BCUT2D eigenvalue weighted by Gasteiger charge is 2.24. The van der Waals surface area contributed by atoms with Gasteiger partial charge >= 0.3 is 0 Å². The van der Waals surface area contributed by atoms with Crippen LogP contribution in [0.5, 0.6) is 0 Å².